The number of benzene rings is 3. The smallest absolute Gasteiger partial charge is 0.268 e. The van der Waals surface area contributed by atoms with E-state index in [1.54, 1.807) is 24.4 Å². The van der Waals surface area contributed by atoms with E-state index in [1.165, 1.54) is 40.4 Å². The zero-order chi connectivity index (χ0) is 23.7. The molecule has 3 aromatic carbocycles. The van der Waals surface area contributed by atoms with E-state index in [4.69, 9.17) is 4.74 Å². The van der Waals surface area contributed by atoms with Gasteiger partial charge in [0.2, 0.25) is 0 Å². The van der Waals surface area contributed by atoms with Gasteiger partial charge in [0.05, 0.1) is 17.0 Å². The Morgan fingerprint density at radius 2 is 1.76 bits per heavy atom. The van der Waals surface area contributed by atoms with Crippen molar-refractivity contribution in [2.75, 3.05) is 13.2 Å². The number of amides is 1. The van der Waals surface area contributed by atoms with E-state index in [-0.39, 0.29) is 29.1 Å². The van der Waals surface area contributed by atoms with Gasteiger partial charge < -0.3 is 10.1 Å². The monoisotopic (exact) mass is 478 g/mol. The standard InChI is InChI=1S/C26H23FN2O4S/c27-21-9-5-18(6-10-21)15-28-26(30)19-7-11-22(12-8-19)34(31,32)29-16-24(20-13-14-33-17-20)23-3-1-2-4-25(23)29/h1-12,16,20H,13-15,17H2,(H,28,30). The van der Waals surface area contributed by atoms with Crippen molar-refractivity contribution >= 4 is 26.8 Å². The number of ether oxygens (including phenoxy) is 1. The summed E-state index contributed by atoms with van der Waals surface area (Å²) in [7, 11) is -3.87. The van der Waals surface area contributed by atoms with Crippen molar-refractivity contribution in [3.8, 4) is 0 Å². The molecule has 1 saturated heterocycles. The summed E-state index contributed by atoms with van der Waals surface area (Å²) >= 11 is 0. The van der Waals surface area contributed by atoms with Crippen molar-refractivity contribution in [1.29, 1.82) is 0 Å². The third-order valence-corrected chi connectivity index (χ3v) is 7.81. The van der Waals surface area contributed by atoms with Gasteiger partial charge in [0.25, 0.3) is 15.9 Å². The van der Waals surface area contributed by atoms with E-state index in [2.05, 4.69) is 5.32 Å². The molecule has 1 unspecified atom stereocenters. The normalized spacial score (nSPS) is 16.1. The maximum absolute atomic E-state index is 13.5. The Balaban J connectivity index is 1.39. The van der Waals surface area contributed by atoms with Crippen molar-refractivity contribution in [2.24, 2.45) is 0 Å². The van der Waals surface area contributed by atoms with Crippen LogP contribution in [0.1, 0.15) is 33.8 Å². The minimum Gasteiger partial charge on any atom is -0.381 e. The number of nitrogens with zero attached hydrogens (tertiary/aromatic N) is 1. The summed E-state index contributed by atoms with van der Waals surface area (Å²) in [6.07, 6.45) is 2.55. The Hall–Kier alpha value is -3.49. The topological polar surface area (TPSA) is 77.4 Å². The molecule has 0 aliphatic carbocycles. The van der Waals surface area contributed by atoms with Crippen molar-refractivity contribution in [3.63, 3.8) is 0 Å². The van der Waals surface area contributed by atoms with Gasteiger partial charge in [-0.2, -0.15) is 0 Å². The van der Waals surface area contributed by atoms with Gasteiger partial charge in [-0.15, -0.1) is 0 Å². The summed E-state index contributed by atoms with van der Waals surface area (Å²) < 4.78 is 46.9. The van der Waals surface area contributed by atoms with Gasteiger partial charge in [0.1, 0.15) is 5.82 Å². The lowest BCUT2D eigenvalue weighted by Gasteiger charge is -2.09. The van der Waals surface area contributed by atoms with Crippen LogP contribution in [-0.2, 0) is 21.3 Å². The molecule has 6 nitrogen and oxygen atoms in total. The van der Waals surface area contributed by atoms with E-state index in [0.29, 0.717) is 24.3 Å². The molecule has 5 rings (SSSR count). The van der Waals surface area contributed by atoms with Gasteiger partial charge in [0, 0.05) is 36.2 Å². The fourth-order valence-electron chi connectivity index (χ4n) is 4.26. The van der Waals surface area contributed by atoms with Crippen LogP contribution in [-0.4, -0.2) is 31.5 Å². The first-order chi connectivity index (χ1) is 16.4. The number of aromatic nitrogens is 1. The van der Waals surface area contributed by atoms with Crippen molar-refractivity contribution in [2.45, 2.75) is 23.8 Å². The number of rotatable bonds is 6. The van der Waals surface area contributed by atoms with E-state index >= 15 is 0 Å². The van der Waals surface area contributed by atoms with Gasteiger partial charge >= 0.3 is 0 Å². The van der Waals surface area contributed by atoms with Gasteiger partial charge in [-0.3, -0.25) is 4.79 Å². The second kappa shape index (κ2) is 9.04. The first-order valence-corrected chi connectivity index (χ1v) is 12.4. The maximum Gasteiger partial charge on any atom is 0.268 e. The lowest BCUT2D eigenvalue weighted by molar-refractivity contribution is 0.0951. The second-order valence-corrected chi connectivity index (χ2v) is 10.1. The minimum absolute atomic E-state index is 0.0950. The molecule has 1 aliphatic rings. The first kappa shape index (κ1) is 22.3. The SMILES string of the molecule is O=C(NCc1ccc(F)cc1)c1ccc(S(=O)(=O)n2cc(C3CCOC3)c3ccccc32)cc1. The van der Waals surface area contributed by atoms with Crippen molar-refractivity contribution < 1.29 is 22.3 Å². The average Bonchev–Trinajstić information content (AvgIpc) is 3.52. The van der Waals surface area contributed by atoms with Crippen LogP contribution in [0.15, 0.2) is 83.9 Å². The quantitative estimate of drug-likeness (QED) is 0.444. The zero-order valence-electron chi connectivity index (χ0n) is 18.3. The van der Waals surface area contributed by atoms with Crippen LogP contribution in [0.5, 0.6) is 0 Å². The fourth-order valence-corrected chi connectivity index (χ4v) is 5.64. The van der Waals surface area contributed by atoms with Crippen molar-refractivity contribution in [3.05, 3.63) is 102 Å². The Labute approximate surface area is 197 Å². The highest BCUT2D eigenvalue weighted by Gasteiger charge is 2.26. The molecular weight excluding hydrogens is 455 g/mol. The molecule has 1 atom stereocenters. The van der Waals surface area contributed by atoms with Gasteiger partial charge in [0.15, 0.2) is 0 Å². The van der Waals surface area contributed by atoms with Gasteiger partial charge in [-0.1, -0.05) is 30.3 Å². The lowest BCUT2D eigenvalue weighted by atomic mass is 9.98. The van der Waals surface area contributed by atoms with Crippen LogP contribution >= 0.6 is 0 Å². The number of hydrogen-bond acceptors (Lipinski definition) is 4. The summed E-state index contributed by atoms with van der Waals surface area (Å²) in [5.41, 5.74) is 2.68. The van der Waals surface area contributed by atoms with E-state index in [9.17, 15) is 17.6 Å². The molecule has 1 aromatic heterocycles. The van der Waals surface area contributed by atoms with Crippen LogP contribution in [0, 0.1) is 5.82 Å². The summed E-state index contributed by atoms with van der Waals surface area (Å²) in [4.78, 5) is 12.6. The number of para-hydroxylation sites is 1. The highest BCUT2D eigenvalue weighted by Crippen LogP contribution is 2.34. The fraction of sp³-hybridized carbons (Fsp3) is 0.192. The summed E-state index contributed by atoms with van der Waals surface area (Å²) in [5, 5.41) is 3.66. The van der Waals surface area contributed by atoms with Crippen LogP contribution in [0.4, 0.5) is 4.39 Å². The third kappa shape index (κ3) is 4.22. The maximum atomic E-state index is 13.5. The number of carbonyl (C=O) groups excluding carboxylic acids is 1. The molecule has 0 saturated carbocycles. The number of fused-ring (bicyclic) bond motifs is 1. The Morgan fingerprint density at radius 3 is 2.47 bits per heavy atom. The molecule has 0 radical (unpaired) electrons. The number of carbonyl (C=O) groups is 1. The van der Waals surface area contributed by atoms with Gasteiger partial charge in [-0.05, 0) is 60.0 Å². The lowest BCUT2D eigenvalue weighted by Crippen LogP contribution is -2.22. The molecule has 34 heavy (non-hydrogen) atoms. The molecule has 1 aliphatic heterocycles. The molecule has 4 aromatic rings. The van der Waals surface area contributed by atoms with Gasteiger partial charge in [-0.25, -0.2) is 16.8 Å². The Kier molecular flexibility index (Phi) is 5.93. The third-order valence-electron chi connectivity index (χ3n) is 6.12. The summed E-state index contributed by atoms with van der Waals surface area (Å²) in [5.74, 6) is -0.525. The minimum atomic E-state index is -3.87. The second-order valence-electron chi connectivity index (χ2n) is 8.30. The highest BCUT2D eigenvalue weighted by molar-refractivity contribution is 7.90. The van der Waals surface area contributed by atoms with Crippen LogP contribution in [0.3, 0.4) is 0 Å². The molecule has 0 spiro atoms. The summed E-state index contributed by atoms with van der Waals surface area (Å²) in [6, 6.07) is 19.2. The molecule has 1 fully saturated rings. The molecule has 0 bridgehead atoms. The largest absolute Gasteiger partial charge is 0.381 e. The molecule has 8 heteroatoms. The number of nitrogens with one attached hydrogen (secondary N) is 1. The van der Waals surface area contributed by atoms with E-state index < -0.39 is 10.0 Å². The van der Waals surface area contributed by atoms with Crippen LogP contribution < -0.4 is 5.32 Å². The highest BCUT2D eigenvalue weighted by atomic mass is 32.2. The zero-order valence-corrected chi connectivity index (χ0v) is 19.1. The van der Waals surface area contributed by atoms with Crippen LogP contribution in [0.25, 0.3) is 10.9 Å². The Bertz CT molecular complexity index is 1440. The van der Waals surface area contributed by atoms with Crippen LogP contribution in [0.2, 0.25) is 0 Å². The Morgan fingerprint density at radius 1 is 1.03 bits per heavy atom. The molecule has 174 valence electrons. The van der Waals surface area contributed by atoms with E-state index in [1.807, 2.05) is 18.2 Å². The molecule has 1 N–H and O–H groups in total. The molecular formula is C26H23FN2O4S. The number of halogens is 1. The summed E-state index contributed by atoms with van der Waals surface area (Å²) in [6.45, 7) is 1.49. The predicted molar refractivity (Wildman–Crippen MR) is 127 cm³/mol. The first-order valence-electron chi connectivity index (χ1n) is 11.0. The average molecular weight is 479 g/mol. The molecule has 1 amide bonds. The number of hydrogen-bond donors (Lipinski definition) is 1. The predicted octanol–water partition coefficient (Wildman–Crippen LogP) is 4.45. The van der Waals surface area contributed by atoms with Crippen molar-refractivity contribution in [1.82, 2.24) is 9.29 Å². The van der Waals surface area contributed by atoms with E-state index in [0.717, 1.165) is 22.9 Å². The molecule has 2 heterocycles.